The number of phenolic OH excluding ortho intramolecular Hbond substituents is 1. The second-order valence-corrected chi connectivity index (χ2v) is 6.03. The van der Waals surface area contributed by atoms with Crippen LogP contribution in [0, 0.1) is 11.6 Å². The van der Waals surface area contributed by atoms with Crippen LogP contribution in [0.2, 0.25) is 0 Å². The number of rotatable bonds is 3. The highest BCUT2D eigenvalue weighted by atomic mass is 32.1. The monoisotopic (exact) mass is 295 g/mol. The Bertz CT molecular complexity index is 603. The maximum absolute atomic E-state index is 13.3. The third-order valence-corrected chi connectivity index (χ3v) is 4.68. The molecule has 0 fully saturated rings. The molecule has 5 heteroatoms. The molecule has 2 N–H and O–H groups in total. The molecule has 1 aliphatic rings. The zero-order valence-corrected chi connectivity index (χ0v) is 11.6. The van der Waals surface area contributed by atoms with Gasteiger partial charge < -0.3 is 10.4 Å². The summed E-state index contributed by atoms with van der Waals surface area (Å²) in [6.07, 6.45) is 3.28. The molecule has 2 nitrogen and oxygen atoms in total. The molecule has 0 saturated carbocycles. The average Bonchev–Trinajstić information content (AvgIpc) is 2.91. The number of halogens is 2. The van der Waals surface area contributed by atoms with Crippen molar-refractivity contribution < 1.29 is 13.9 Å². The first-order valence-electron chi connectivity index (χ1n) is 6.61. The average molecular weight is 295 g/mol. The minimum absolute atomic E-state index is 0.241. The predicted molar refractivity (Wildman–Crippen MR) is 74.9 cm³/mol. The fraction of sp³-hybridized carbons (Fsp3) is 0.333. The minimum Gasteiger partial charge on any atom is -0.503 e. The van der Waals surface area contributed by atoms with E-state index in [2.05, 4.69) is 16.8 Å². The van der Waals surface area contributed by atoms with E-state index in [1.165, 1.54) is 22.6 Å². The fourth-order valence-electron chi connectivity index (χ4n) is 2.66. The second kappa shape index (κ2) is 5.50. The maximum atomic E-state index is 13.3. The smallest absolute Gasteiger partial charge is 0.187 e. The van der Waals surface area contributed by atoms with Crippen molar-refractivity contribution in [2.45, 2.75) is 31.8 Å². The molecule has 106 valence electrons. The van der Waals surface area contributed by atoms with E-state index in [1.54, 1.807) is 11.3 Å². The van der Waals surface area contributed by atoms with Crippen LogP contribution < -0.4 is 5.32 Å². The van der Waals surface area contributed by atoms with Crippen LogP contribution in [0.5, 0.6) is 5.75 Å². The molecular weight excluding hydrogens is 280 g/mol. The van der Waals surface area contributed by atoms with Gasteiger partial charge in [0.05, 0.1) is 0 Å². The lowest BCUT2D eigenvalue weighted by Crippen LogP contribution is -2.24. The van der Waals surface area contributed by atoms with Gasteiger partial charge in [-0.05, 0) is 54.0 Å². The topological polar surface area (TPSA) is 32.3 Å². The van der Waals surface area contributed by atoms with Crippen molar-refractivity contribution in [1.82, 2.24) is 5.32 Å². The molecule has 2 aromatic rings. The van der Waals surface area contributed by atoms with Gasteiger partial charge in [-0.25, -0.2) is 8.78 Å². The highest BCUT2D eigenvalue weighted by molar-refractivity contribution is 7.10. The number of fused-ring (bicyclic) bond motifs is 1. The van der Waals surface area contributed by atoms with Crippen molar-refractivity contribution >= 4 is 11.3 Å². The van der Waals surface area contributed by atoms with Crippen LogP contribution in [0.15, 0.2) is 23.6 Å². The molecule has 0 amide bonds. The first kappa shape index (κ1) is 13.5. The number of hydrogen-bond donors (Lipinski definition) is 2. The fourth-order valence-corrected chi connectivity index (χ4v) is 3.65. The van der Waals surface area contributed by atoms with E-state index < -0.39 is 17.4 Å². The van der Waals surface area contributed by atoms with Gasteiger partial charge in [0, 0.05) is 17.5 Å². The molecule has 1 aromatic heterocycles. The highest BCUT2D eigenvalue weighted by Crippen LogP contribution is 2.33. The first-order valence-corrected chi connectivity index (χ1v) is 7.49. The molecule has 0 bridgehead atoms. The summed E-state index contributed by atoms with van der Waals surface area (Å²) >= 11 is 1.76. The Balaban J connectivity index is 1.72. The standard InChI is InChI=1S/C15H15F2NOS/c16-11-6-9(7-12(17)15(11)19)8-18-13-2-1-3-14-10(13)4-5-20-14/h4-7,13,18-19H,1-3,8H2. The molecule has 0 aliphatic heterocycles. The summed E-state index contributed by atoms with van der Waals surface area (Å²) in [5.74, 6) is -2.74. The number of thiophene rings is 1. The summed E-state index contributed by atoms with van der Waals surface area (Å²) < 4.78 is 26.6. The number of nitrogens with one attached hydrogen (secondary N) is 1. The van der Waals surface area contributed by atoms with Crippen molar-refractivity contribution in [3.8, 4) is 5.75 Å². The van der Waals surface area contributed by atoms with Crippen LogP contribution in [0.1, 0.15) is 34.9 Å². The van der Waals surface area contributed by atoms with Crippen molar-refractivity contribution in [2.75, 3.05) is 0 Å². The zero-order chi connectivity index (χ0) is 14.1. The van der Waals surface area contributed by atoms with Crippen LogP contribution in [0.25, 0.3) is 0 Å². The van der Waals surface area contributed by atoms with Crippen LogP contribution >= 0.6 is 11.3 Å². The molecule has 1 atom stereocenters. The third kappa shape index (κ3) is 2.55. The quantitative estimate of drug-likeness (QED) is 0.900. The van der Waals surface area contributed by atoms with Crippen molar-refractivity contribution in [3.63, 3.8) is 0 Å². The maximum Gasteiger partial charge on any atom is 0.187 e. The number of aryl methyl sites for hydroxylation is 1. The summed E-state index contributed by atoms with van der Waals surface area (Å²) in [5, 5.41) is 14.5. The van der Waals surface area contributed by atoms with Crippen LogP contribution in [-0.2, 0) is 13.0 Å². The van der Waals surface area contributed by atoms with E-state index in [9.17, 15) is 8.78 Å². The zero-order valence-electron chi connectivity index (χ0n) is 10.8. The number of benzene rings is 1. The molecule has 1 aliphatic carbocycles. The van der Waals surface area contributed by atoms with Gasteiger partial charge in [0.25, 0.3) is 0 Å². The molecular formula is C15H15F2NOS. The van der Waals surface area contributed by atoms with Gasteiger partial charge in [-0.2, -0.15) is 0 Å². The van der Waals surface area contributed by atoms with Crippen molar-refractivity contribution in [2.24, 2.45) is 0 Å². The SMILES string of the molecule is Oc1c(F)cc(CNC2CCCc3sccc32)cc1F. The highest BCUT2D eigenvalue weighted by Gasteiger charge is 2.20. The van der Waals surface area contributed by atoms with E-state index in [-0.39, 0.29) is 6.04 Å². The van der Waals surface area contributed by atoms with Gasteiger partial charge in [0.1, 0.15) is 0 Å². The number of hydrogen-bond acceptors (Lipinski definition) is 3. The molecule has 3 rings (SSSR count). The van der Waals surface area contributed by atoms with Gasteiger partial charge in [-0.3, -0.25) is 0 Å². The van der Waals surface area contributed by atoms with Gasteiger partial charge in [0.15, 0.2) is 17.4 Å². The largest absolute Gasteiger partial charge is 0.503 e. The molecule has 20 heavy (non-hydrogen) atoms. The Kier molecular flexibility index (Phi) is 3.72. The van der Waals surface area contributed by atoms with E-state index >= 15 is 0 Å². The van der Waals surface area contributed by atoms with E-state index in [0.29, 0.717) is 12.1 Å². The van der Waals surface area contributed by atoms with Crippen molar-refractivity contribution in [3.05, 3.63) is 51.2 Å². The van der Waals surface area contributed by atoms with Crippen molar-refractivity contribution in [1.29, 1.82) is 0 Å². The lowest BCUT2D eigenvalue weighted by molar-refractivity contribution is 0.394. The Morgan fingerprint density at radius 2 is 2.05 bits per heavy atom. The summed E-state index contributed by atoms with van der Waals surface area (Å²) in [6.45, 7) is 0.383. The number of aromatic hydroxyl groups is 1. The summed E-state index contributed by atoms with van der Waals surface area (Å²) in [5.41, 5.74) is 1.81. The third-order valence-electron chi connectivity index (χ3n) is 3.68. The molecule has 1 unspecified atom stereocenters. The first-order chi connectivity index (χ1) is 9.65. The van der Waals surface area contributed by atoms with Crippen LogP contribution in [0.3, 0.4) is 0 Å². The normalized spacial score (nSPS) is 18.0. The summed E-state index contributed by atoms with van der Waals surface area (Å²) in [4.78, 5) is 1.40. The van der Waals surface area contributed by atoms with Gasteiger partial charge in [-0.15, -0.1) is 11.3 Å². The van der Waals surface area contributed by atoms with Gasteiger partial charge >= 0.3 is 0 Å². The minimum atomic E-state index is -0.915. The Hall–Kier alpha value is -1.46. The molecule has 0 saturated heterocycles. The van der Waals surface area contributed by atoms with E-state index in [0.717, 1.165) is 19.3 Å². The van der Waals surface area contributed by atoms with Crippen LogP contribution in [-0.4, -0.2) is 5.11 Å². The Morgan fingerprint density at radius 3 is 2.80 bits per heavy atom. The summed E-state index contributed by atoms with van der Waals surface area (Å²) in [7, 11) is 0. The summed E-state index contributed by atoms with van der Waals surface area (Å²) in [6, 6.07) is 4.70. The molecule has 1 heterocycles. The van der Waals surface area contributed by atoms with Gasteiger partial charge in [-0.1, -0.05) is 0 Å². The molecule has 0 radical (unpaired) electrons. The predicted octanol–water partition coefficient (Wildman–Crippen LogP) is 3.90. The molecule has 0 spiro atoms. The lowest BCUT2D eigenvalue weighted by atomic mass is 9.94. The Morgan fingerprint density at radius 1 is 1.30 bits per heavy atom. The van der Waals surface area contributed by atoms with E-state index in [4.69, 9.17) is 5.11 Å². The second-order valence-electron chi connectivity index (χ2n) is 5.03. The van der Waals surface area contributed by atoms with E-state index in [1.807, 2.05) is 0 Å². The van der Waals surface area contributed by atoms with Gasteiger partial charge in [0.2, 0.25) is 0 Å². The lowest BCUT2D eigenvalue weighted by Gasteiger charge is -2.24. The van der Waals surface area contributed by atoms with Crippen LogP contribution in [0.4, 0.5) is 8.78 Å². The number of phenols is 1. The molecule has 1 aromatic carbocycles. The Labute approximate surface area is 120 Å².